The third-order valence-corrected chi connectivity index (χ3v) is 7.71. The third kappa shape index (κ3) is 7.59. The maximum atomic E-state index is 13.3. The van der Waals surface area contributed by atoms with Gasteiger partial charge in [-0.05, 0) is 26.3 Å². The predicted octanol–water partition coefficient (Wildman–Crippen LogP) is -2.63. The molecule has 230 valence electrons. The van der Waals surface area contributed by atoms with E-state index in [0.29, 0.717) is 0 Å². The van der Waals surface area contributed by atoms with Gasteiger partial charge < -0.3 is 51.7 Å². The van der Waals surface area contributed by atoms with Gasteiger partial charge in [-0.25, -0.2) is 4.79 Å². The van der Waals surface area contributed by atoms with Gasteiger partial charge in [-0.15, -0.1) is 0 Å². The number of thioether (sulfide) groups is 1. The van der Waals surface area contributed by atoms with Gasteiger partial charge in [0.15, 0.2) is 0 Å². The molecule has 0 radical (unpaired) electrons. The fourth-order valence-corrected chi connectivity index (χ4v) is 5.46. The Hall–Kier alpha value is -4.09. The molecule has 42 heavy (non-hydrogen) atoms. The van der Waals surface area contributed by atoms with Crippen LogP contribution in [0.2, 0.25) is 0 Å². The second-order valence-corrected chi connectivity index (χ2v) is 10.9. The van der Waals surface area contributed by atoms with Crippen molar-refractivity contribution in [2.45, 2.75) is 62.3 Å². The number of phenols is 2. The number of aliphatic hydroxyl groups is 1. The summed E-state index contributed by atoms with van der Waals surface area (Å²) >= 11 is 1.000. The second kappa shape index (κ2) is 13.7. The van der Waals surface area contributed by atoms with Crippen LogP contribution in [0.5, 0.6) is 11.5 Å². The fourth-order valence-electron chi connectivity index (χ4n) is 4.36. The molecule has 9 N–H and O–H groups in total. The van der Waals surface area contributed by atoms with Crippen molar-refractivity contribution in [2.75, 3.05) is 18.9 Å². The first-order chi connectivity index (χ1) is 19.7. The number of nitrogens with two attached hydrogens (primary N) is 1. The Kier molecular flexibility index (Phi) is 10.6. The molecule has 0 bridgehead atoms. The van der Waals surface area contributed by atoms with Crippen molar-refractivity contribution in [3.05, 3.63) is 23.3 Å². The minimum absolute atomic E-state index is 0.0243. The number of carbonyl (C=O) groups is 6. The highest BCUT2D eigenvalue weighted by Gasteiger charge is 2.43. The van der Waals surface area contributed by atoms with Gasteiger partial charge in [0.25, 0.3) is 0 Å². The highest BCUT2D eigenvalue weighted by atomic mass is 32.2. The molecule has 4 amide bonds. The van der Waals surface area contributed by atoms with E-state index in [1.165, 1.54) is 13.8 Å². The molecular weight excluding hydrogens is 578 g/mol. The number of likely N-dealkylation sites (tertiary alicyclic amines) is 1. The van der Waals surface area contributed by atoms with E-state index in [0.717, 1.165) is 28.8 Å². The molecule has 0 saturated carbocycles. The quantitative estimate of drug-likeness (QED) is 0.153. The van der Waals surface area contributed by atoms with Crippen LogP contribution in [0.15, 0.2) is 12.1 Å². The maximum Gasteiger partial charge on any atom is 0.338 e. The number of cyclic esters (lactones) is 1. The fraction of sp³-hybridized carbons (Fsp3) is 0.520. The molecule has 1 fully saturated rings. The zero-order valence-electron chi connectivity index (χ0n) is 22.7. The lowest BCUT2D eigenvalue weighted by molar-refractivity contribution is -0.142. The van der Waals surface area contributed by atoms with Crippen LogP contribution < -0.4 is 21.7 Å². The SMILES string of the molecule is CC(N)C(=O)N1CCC(O)C1C(=O)NC1COC(=O)c2cc(O)cc(O)c2CSCC(C(=O)NC(C)C(=O)O)NC1=O. The number of carbonyl (C=O) groups excluding carboxylic acids is 5. The second-order valence-electron chi connectivity index (χ2n) is 9.92. The van der Waals surface area contributed by atoms with Gasteiger partial charge in [-0.2, -0.15) is 11.8 Å². The van der Waals surface area contributed by atoms with Gasteiger partial charge in [0.05, 0.1) is 17.7 Å². The zero-order valence-corrected chi connectivity index (χ0v) is 23.6. The molecule has 1 aromatic rings. The third-order valence-electron chi connectivity index (χ3n) is 6.65. The predicted molar refractivity (Wildman–Crippen MR) is 145 cm³/mol. The monoisotopic (exact) mass is 611 g/mol. The summed E-state index contributed by atoms with van der Waals surface area (Å²) in [5, 5.41) is 46.9. The summed E-state index contributed by atoms with van der Waals surface area (Å²) in [6.45, 7) is 1.86. The van der Waals surface area contributed by atoms with Gasteiger partial charge in [-0.1, -0.05) is 0 Å². The Morgan fingerprint density at radius 1 is 1.17 bits per heavy atom. The van der Waals surface area contributed by atoms with Crippen molar-refractivity contribution >= 4 is 47.3 Å². The van der Waals surface area contributed by atoms with Crippen molar-refractivity contribution in [2.24, 2.45) is 5.73 Å². The molecule has 3 rings (SSSR count). The Balaban J connectivity index is 1.93. The van der Waals surface area contributed by atoms with Crippen molar-refractivity contribution in [3.8, 4) is 11.5 Å². The van der Waals surface area contributed by atoms with Gasteiger partial charge in [-0.3, -0.25) is 24.0 Å². The molecular formula is C25H33N5O11S. The number of aromatic hydroxyl groups is 2. The number of nitrogens with one attached hydrogen (secondary N) is 3. The first kappa shape index (κ1) is 32.4. The molecule has 2 aliphatic heterocycles. The lowest BCUT2D eigenvalue weighted by Crippen LogP contribution is -2.60. The molecule has 16 nitrogen and oxygen atoms in total. The van der Waals surface area contributed by atoms with E-state index in [9.17, 15) is 49.2 Å². The first-order valence-electron chi connectivity index (χ1n) is 12.9. The number of hydrogen-bond donors (Lipinski definition) is 8. The summed E-state index contributed by atoms with van der Waals surface area (Å²) < 4.78 is 5.24. The number of carboxylic acid groups (broad SMARTS) is 1. The summed E-state index contributed by atoms with van der Waals surface area (Å²) in [4.78, 5) is 77.2. The summed E-state index contributed by atoms with van der Waals surface area (Å²) in [6, 6.07) is -4.63. The summed E-state index contributed by atoms with van der Waals surface area (Å²) in [6.07, 6.45) is -1.22. The Morgan fingerprint density at radius 3 is 2.50 bits per heavy atom. The van der Waals surface area contributed by atoms with E-state index < -0.39 is 90.0 Å². The number of rotatable bonds is 6. The molecule has 2 heterocycles. The molecule has 1 saturated heterocycles. The molecule has 0 aromatic heterocycles. The van der Waals surface area contributed by atoms with Crippen LogP contribution in [0.1, 0.15) is 36.2 Å². The van der Waals surface area contributed by atoms with E-state index in [1.807, 2.05) is 0 Å². The molecule has 17 heteroatoms. The first-order valence-corrected chi connectivity index (χ1v) is 14.0. The summed E-state index contributed by atoms with van der Waals surface area (Å²) in [5.41, 5.74) is 5.49. The molecule has 0 spiro atoms. The van der Waals surface area contributed by atoms with Gasteiger partial charge in [0.1, 0.15) is 42.3 Å². The topological polar surface area (TPSA) is 258 Å². The highest BCUT2D eigenvalue weighted by Crippen LogP contribution is 2.31. The lowest BCUT2D eigenvalue weighted by Gasteiger charge is -2.29. The van der Waals surface area contributed by atoms with Crippen LogP contribution in [-0.2, 0) is 34.5 Å². The number of esters is 1. The number of fused-ring (bicyclic) bond motifs is 1. The van der Waals surface area contributed by atoms with Crippen LogP contribution in [0.4, 0.5) is 0 Å². The molecule has 2 aliphatic rings. The summed E-state index contributed by atoms with van der Waals surface area (Å²) in [5.74, 6) is -6.88. The van der Waals surface area contributed by atoms with Crippen LogP contribution in [-0.4, -0.2) is 116 Å². The highest BCUT2D eigenvalue weighted by molar-refractivity contribution is 7.98. The average Bonchev–Trinajstić information content (AvgIpc) is 3.30. The molecule has 6 unspecified atom stereocenters. The zero-order chi connectivity index (χ0) is 31.3. The largest absolute Gasteiger partial charge is 0.508 e. The van der Waals surface area contributed by atoms with E-state index >= 15 is 0 Å². The number of phenolic OH excluding ortho intramolecular Hbond substituents is 2. The number of nitrogens with zero attached hydrogens (tertiary/aromatic N) is 1. The number of benzene rings is 1. The van der Waals surface area contributed by atoms with Gasteiger partial charge in [0, 0.05) is 29.7 Å². The normalized spacial score (nSPS) is 24.5. The summed E-state index contributed by atoms with van der Waals surface area (Å²) in [7, 11) is 0. The van der Waals surface area contributed by atoms with E-state index in [4.69, 9.17) is 10.5 Å². The number of aliphatic carboxylic acids is 1. The van der Waals surface area contributed by atoms with Crippen molar-refractivity contribution < 1.29 is 53.9 Å². The minimum atomic E-state index is -1.65. The van der Waals surface area contributed by atoms with Crippen LogP contribution in [0.25, 0.3) is 0 Å². The van der Waals surface area contributed by atoms with Crippen molar-refractivity contribution in [1.29, 1.82) is 0 Å². The van der Waals surface area contributed by atoms with Gasteiger partial charge >= 0.3 is 11.9 Å². The average molecular weight is 612 g/mol. The Labute approximate surface area is 243 Å². The number of ether oxygens (including phenoxy) is 1. The van der Waals surface area contributed by atoms with E-state index in [2.05, 4.69) is 16.0 Å². The smallest absolute Gasteiger partial charge is 0.338 e. The number of carboxylic acids is 1. The van der Waals surface area contributed by atoms with Crippen LogP contribution in [0.3, 0.4) is 0 Å². The number of aliphatic hydroxyl groups excluding tert-OH is 1. The van der Waals surface area contributed by atoms with Crippen LogP contribution in [0, 0.1) is 0 Å². The Bertz CT molecular complexity index is 1260. The van der Waals surface area contributed by atoms with Crippen molar-refractivity contribution in [3.63, 3.8) is 0 Å². The molecule has 6 atom stereocenters. The van der Waals surface area contributed by atoms with Crippen LogP contribution >= 0.6 is 11.8 Å². The standard InChI is InChI=1S/C25H33N5O11S/c1-10(26)23(37)30-4-3-17(32)19(30)22(36)28-15-7-41-25(40)13-5-12(31)6-18(33)14(13)8-42-9-16(29-20(15)34)21(35)27-11(2)24(38)39/h5-6,10-11,15-17,19,31-33H,3-4,7-9,26H2,1-2H3,(H,27,35)(H,28,36)(H,29,34)(H,38,39). The van der Waals surface area contributed by atoms with E-state index in [1.54, 1.807) is 0 Å². The number of amides is 4. The minimum Gasteiger partial charge on any atom is -0.508 e. The van der Waals surface area contributed by atoms with Crippen molar-refractivity contribution in [1.82, 2.24) is 20.9 Å². The van der Waals surface area contributed by atoms with Gasteiger partial charge in [0.2, 0.25) is 23.6 Å². The maximum absolute atomic E-state index is 13.3. The Morgan fingerprint density at radius 2 is 1.86 bits per heavy atom. The lowest BCUT2D eigenvalue weighted by atomic mass is 10.1. The molecule has 0 aliphatic carbocycles. The number of hydrogen-bond acceptors (Lipinski definition) is 12. The van der Waals surface area contributed by atoms with E-state index in [-0.39, 0.29) is 35.6 Å². The molecule has 1 aromatic carbocycles.